The molecule has 0 amide bonds. The predicted octanol–water partition coefficient (Wildman–Crippen LogP) is 0.781. The summed E-state index contributed by atoms with van der Waals surface area (Å²) in [5.41, 5.74) is 0.312. The Morgan fingerprint density at radius 1 is 1.33 bits per heavy atom. The highest BCUT2D eigenvalue weighted by molar-refractivity contribution is 4.88. The molecule has 18 heavy (non-hydrogen) atoms. The maximum absolute atomic E-state index is 5.61. The summed E-state index contributed by atoms with van der Waals surface area (Å²) in [6.45, 7) is 12.4. The monoisotopic (exact) mass is 255 g/mol. The summed E-state index contributed by atoms with van der Waals surface area (Å²) >= 11 is 0. The molecule has 0 bridgehead atoms. The maximum Gasteiger partial charge on any atom is 0.0700 e. The Balaban J connectivity index is 1.59. The van der Waals surface area contributed by atoms with Gasteiger partial charge in [0.2, 0.25) is 0 Å². The third-order valence-electron chi connectivity index (χ3n) is 4.40. The van der Waals surface area contributed by atoms with Gasteiger partial charge in [0.1, 0.15) is 0 Å². The van der Waals surface area contributed by atoms with E-state index in [9.17, 15) is 0 Å². The molecule has 4 nitrogen and oxygen atoms in total. The fraction of sp³-hybridized carbons (Fsp3) is 1.00. The molecular weight excluding hydrogens is 226 g/mol. The topological polar surface area (TPSA) is 27.7 Å². The van der Waals surface area contributed by atoms with Crippen LogP contribution >= 0.6 is 0 Å². The second-order valence-electron chi connectivity index (χ2n) is 6.35. The van der Waals surface area contributed by atoms with E-state index in [1.54, 1.807) is 0 Å². The zero-order chi connectivity index (χ0) is 13.0. The minimum absolute atomic E-state index is 0.312. The Morgan fingerprint density at radius 2 is 2.17 bits per heavy atom. The van der Waals surface area contributed by atoms with Crippen LogP contribution in [0.3, 0.4) is 0 Å². The number of piperazine rings is 1. The maximum atomic E-state index is 5.61. The lowest BCUT2D eigenvalue weighted by Gasteiger charge is -2.45. The van der Waals surface area contributed by atoms with Crippen LogP contribution in [0.4, 0.5) is 0 Å². The molecule has 0 aliphatic carbocycles. The van der Waals surface area contributed by atoms with Crippen molar-refractivity contribution in [3.8, 4) is 0 Å². The first-order chi connectivity index (χ1) is 8.58. The molecule has 106 valence electrons. The zero-order valence-electron chi connectivity index (χ0n) is 12.2. The van der Waals surface area contributed by atoms with Crippen LogP contribution < -0.4 is 5.32 Å². The van der Waals surface area contributed by atoms with Gasteiger partial charge in [0, 0.05) is 51.4 Å². The number of likely N-dealkylation sites (N-methyl/N-ethyl adjacent to an activating group) is 1. The van der Waals surface area contributed by atoms with Gasteiger partial charge in [-0.25, -0.2) is 0 Å². The smallest absolute Gasteiger partial charge is 0.0700 e. The number of nitrogens with one attached hydrogen (secondary N) is 1. The molecule has 0 saturated carbocycles. The Bertz CT molecular complexity index is 251. The average molecular weight is 255 g/mol. The minimum atomic E-state index is 0.312. The van der Waals surface area contributed by atoms with Gasteiger partial charge in [-0.2, -0.15) is 0 Å². The highest BCUT2D eigenvalue weighted by atomic mass is 16.5. The van der Waals surface area contributed by atoms with Crippen molar-refractivity contribution in [1.82, 2.24) is 15.1 Å². The molecule has 1 atom stereocenters. The molecule has 2 aliphatic rings. The number of hydrogen-bond acceptors (Lipinski definition) is 4. The van der Waals surface area contributed by atoms with E-state index in [2.05, 4.69) is 36.0 Å². The molecule has 0 spiro atoms. The molecule has 2 saturated heterocycles. The largest absolute Gasteiger partial charge is 0.377 e. The first-order valence-electron chi connectivity index (χ1n) is 7.34. The van der Waals surface area contributed by atoms with Gasteiger partial charge < -0.3 is 10.1 Å². The second kappa shape index (κ2) is 6.33. The van der Waals surface area contributed by atoms with Crippen LogP contribution in [0.2, 0.25) is 0 Å². The fourth-order valence-electron chi connectivity index (χ4n) is 2.84. The Labute approximate surface area is 112 Å². The molecule has 0 aromatic carbocycles. The van der Waals surface area contributed by atoms with Crippen LogP contribution in [0.25, 0.3) is 0 Å². The third-order valence-corrected chi connectivity index (χ3v) is 4.40. The van der Waals surface area contributed by atoms with Gasteiger partial charge >= 0.3 is 0 Å². The molecule has 2 fully saturated rings. The first-order valence-corrected chi connectivity index (χ1v) is 7.34. The van der Waals surface area contributed by atoms with Gasteiger partial charge in [-0.15, -0.1) is 0 Å². The lowest BCUT2D eigenvalue weighted by atomic mass is 10.00. The standard InChI is InChI=1S/C14H29N3O/c1-14(2)12-17(9-8-16(14)3)7-6-15-11-13-5-4-10-18-13/h13,15H,4-12H2,1-3H3. The lowest BCUT2D eigenvalue weighted by Crippen LogP contribution is -2.58. The number of nitrogens with zero attached hydrogens (tertiary/aromatic N) is 2. The highest BCUT2D eigenvalue weighted by Gasteiger charge is 2.30. The predicted molar refractivity (Wildman–Crippen MR) is 75.0 cm³/mol. The van der Waals surface area contributed by atoms with Gasteiger partial charge in [-0.05, 0) is 33.7 Å². The van der Waals surface area contributed by atoms with Crippen molar-refractivity contribution in [2.24, 2.45) is 0 Å². The summed E-state index contributed by atoms with van der Waals surface area (Å²) < 4.78 is 5.61. The third kappa shape index (κ3) is 3.92. The lowest BCUT2D eigenvalue weighted by molar-refractivity contribution is 0.0399. The molecule has 2 aliphatic heterocycles. The first kappa shape index (κ1) is 14.3. The van der Waals surface area contributed by atoms with Crippen molar-refractivity contribution >= 4 is 0 Å². The van der Waals surface area contributed by atoms with Crippen molar-refractivity contribution < 1.29 is 4.74 Å². The second-order valence-corrected chi connectivity index (χ2v) is 6.35. The summed E-state index contributed by atoms with van der Waals surface area (Å²) in [6.07, 6.45) is 2.93. The van der Waals surface area contributed by atoms with Crippen LogP contribution in [0.5, 0.6) is 0 Å². The van der Waals surface area contributed by atoms with E-state index in [4.69, 9.17) is 4.74 Å². The van der Waals surface area contributed by atoms with Crippen LogP contribution in [0.15, 0.2) is 0 Å². The molecule has 1 unspecified atom stereocenters. The van der Waals surface area contributed by atoms with Crippen molar-refractivity contribution in [2.45, 2.75) is 38.3 Å². The van der Waals surface area contributed by atoms with Crippen molar-refractivity contribution in [2.75, 3.05) is 52.9 Å². The van der Waals surface area contributed by atoms with Gasteiger partial charge in [-0.1, -0.05) is 0 Å². The van der Waals surface area contributed by atoms with Crippen molar-refractivity contribution in [3.05, 3.63) is 0 Å². The van der Waals surface area contributed by atoms with Crippen molar-refractivity contribution in [3.63, 3.8) is 0 Å². The van der Waals surface area contributed by atoms with Gasteiger partial charge in [0.15, 0.2) is 0 Å². The van der Waals surface area contributed by atoms with Crippen LogP contribution in [0, 0.1) is 0 Å². The van der Waals surface area contributed by atoms with E-state index in [0.717, 1.165) is 26.2 Å². The molecule has 2 heterocycles. The number of rotatable bonds is 5. The van der Waals surface area contributed by atoms with E-state index in [1.165, 1.54) is 32.5 Å². The fourth-order valence-corrected chi connectivity index (χ4v) is 2.84. The summed E-state index contributed by atoms with van der Waals surface area (Å²) in [7, 11) is 2.23. The Kier molecular flexibility index (Phi) is 5.01. The summed E-state index contributed by atoms with van der Waals surface area (Å²) in [5, 5.41) is 3.53. The van der Waals surface area contributed by atoms with E-state index in [0.29, 0.717) is 11.6 Å². The van der Waals surface area contributed by atoms with Gasteiger partial charge in [0.05, 0.1) is 6.10 Å². The molecule has 1 N–H and O–H groups in total. The highest BCUT2D eigenvalue weighted by Crippen LogP contribution is 2.18. The quantitative estimate of drug-likeness (QED) is 0.735. The van der Waals surface area contributed by atoms with E-state index in [1.807, 2.05) is 0 Å². The zero-order valence-corrected chi connectivity index (χ0v) is 12.2. The number of hydrogen-bond donors (Lipinski definition) is 1. The van der Waals surface area contributed by atoms with E-state index in [-0.39, 0.29) is 0 Å². The minimum Gasteiger partial charge on any atom is -0.377 e. The normalized spacial score (nSPS) is 29.8. The Morgan fingerprint density at radius 3 is 2.83 bits per heavy atom. The Hall–Kier alpha value is -0.160. The van der Waals surface area contributed by atoms with Crippen LogP contribution in [-0.2, 0) is 4.74 Å². The van der Waals surface area contributed by atoms with E-state index >= 15 is 0 Å². The van der Waals surface area contributed by atoms with Gasteiger partial charge in [0.25, 0.3) is 0 Å². The van der Waals surface area contributed by atoms with Gasteiger partial charge in [-0.3, -0.25) is 9.80 Å². The molecular formula is C14H29N3O. The average Bonchev–Trinajstić information content (AvgIpc) is 2.82. The molecule has 0 radical (unpaired) electrons. The molecule has 0 aromatic rings. The summed E-state index contributed by atoms with van der Waals surface area (Å²) in [4.78, 5) is 5.03. The summed E-state index contributed by atoms with van der Waals surface area (Å²) in [5.74, 6) is 0. The van der Waals surface area contributed by atoms with Crippen LogP contribution in [0.1, 0.15) is 26.7 Å². The SMILES string of the molecule is CN1CCN(CCNCC2CCCO2)CC1(C)C. The van der Waals surface area contributed by atoms with Crippen molar-refractivity contribution in [1.29, 1.82) is 0 Å². The molecule has 4 heteroatoms. The number of ether oxygens (including phenoxy) is 1. The molecule has 0 aromatic heterocycles. The van der Waals surface area contributed by atoms with Crippen LogP contribution in [-0.4, -0.2) is 74.4 Å². The summed E-state index contributed by atoms with van der Waals surface area (Å²) in [6, 6.07) is 0. The molecule has 2 rings (SSSR count). The van der Waals surface area contributed by atoms with E-state index < -0.39 is 0 Å².